The minimum absolute atomic E-state index is 0.139. The van der Waals surface area contributed by atoms with Crippen LogP contribution in [-0.4, -0.2) is 25.7 Å². The molecule has 0 amide bonds. The molecule has 1 unspecified atom stereocenters. The van der Waals surface area contributed by atoms with Crippen LogP contribution >= 0.6 is 0 Å². The number of carbonyl (C=O) groups excluding carboxylic acids is 2. The van der Waals surface area contributed by atoms with Crippen molar-refractivity contribution in [3.63, 3.8) is 0 Å². The van der Waals surface area contributed by atoms with Gasteiger partial charge in [-0.1, -0.05) is 18.1 Å². The molecule has 1 aromatic carbocycles. The highest BCUT2D eigenvalue weighted by Crippen LogP contribution is 2.38. The lowest BCUT2D eigenvalue weighted by molar-refractivity contribution is -0.139. The Hall–Kier alpha value is -3.20. The SMILES string of the molecule is C#Cc1cccc(C2C(C(=O)OC)=C(C)NC(N)=C2C(=O)OCC)c1. The van der Waals surface area contributed by atoms with Crippen molar-refractivity contribution in [2.75, 3.05) is 13.7 Å². The average Bonchev–Trinajstić information content (AvgIpc) is 2.60. The summed E-state index contributed by atoms with van der Waals surface area (Å²) in [5, 5.41) is 2.86. The maximum atomic E-state index is 12.5. The highest BCUT2D eigenvalue weighted by molar-refractivity contribution is 5.99. The Kier molecular flexibility index (Phi) is 5.50. The fraction of sp³-hybridized carbons (Fsp3) is 0.263. The molecule has 1 heterocycles. The van der Waals surface area contributed by atoms with Crippen LogP contribution in [0.2, 0.25) is 0 Å². The van der Waals surface area contributed by atoms with Crippen molar-refractivity contribution in [1.29, 1.82) is 0 Å². The fourth-order valence-electron chi connectivity index (χ4n) is 2.81. The smallest absolute Gasteiger partial charge is 0.338 e. The van der Waals surface area contributed by atoms with Gasteiger partial charge in [-0.05, 0) is 31.5 Å². The highest BCUT2D eigenvalue weighted by Gasteiger charge is 2.38. The van der Waals surface area contributed by atoms with Gasteiger partial charge in [0.25, 0.3) is 0 Å². The van der Waals surface area contributed by atoms with Crippen molar-refractivity contribution in [2.45, 2.75) is 19.8 Å². The van der Waals surface area contributed by atoms with Gasteiger partial charge in [0.2, 0.25) is 0 Å². The summed E-state index contributed by atoms with van der Waals surface area (Å²) in [6, 6.07) is 7.03. The van der Waals surface area contributed by atoms with Crippen LogP contribution in [0.5, 0.6) is 0 Å². The predicted molar refractivity (Wildman–Crippen MR) is 92.8 cm³/mol. The molecule has 1 atom stereocenters. The number of rotatable bonds is 4. The van der Waals surface area contributed by atoms with Crippen molar-refractivity contribution in [2.24, 2.45) is 5.73 Å². The maximum absolute atomic E-state index is 12.5. The molecule has 6 heteroatoms. The molecule has 0 radical (unpaired) electrons. The van der Waals surface area contributed by atoms with Crippen LogP contribution in [-0.2, 0) is 19.1 Å². The minimum Gasteiger partial charge on any atom is -0.466 e. The Bertz CT molecular complexity index is 815. The van der Waals surface area contributed by atoms with E-state index in [1.165, 1.54) is 7.11 Å². The van der Waals surface area contributed by atoms with Crippen LogP contribution in [0, 0.1) is 12.3 Å². The Morgan fingerprint density at radius 2 is 2.04 bits per heavy atom. The molecule has 0 saturated carbocycles. The summed E-state index contributed by atoms with van der Waals surface area (Å²) in [7, 11) is 1.28. The Morgan fingerprint density at radius 3 is 2.64 bits per heavy atom. The van der Waals surface area contributed by atoms with E-state index in [2.05, 4.69) is 11.2 Å². The molecule has 1 aliphatic rings. The first kappa shape index (κ1) is 18.1. The number of nitrogens with one attached hydrogen (secondary N) is 1. The number of nitrogens with two attached hydrogens (primary N) is 1. The van der Waals surface area contributed by atoms with Gasteiger partial charge >= 0.3 is 11.9 Å². The van der Waals surface area contributed by atoms with Crippen molar-refractivity contribution in [3.05, 3.63) is 58.1 Å². The van der Waals surface area contributed by atoms with Gasteiger partial charge < -0.3 is 20.5 Å². The van der Waals surface area contributed by atoms with E-state index < -0.39 is 17.9 Å². The van der Waals surface area contributed by atoms with Crippen LogP contribution in [0.25, 0.3) is 0 Å². The number of carbonyl (C=O) groups is 2. The summed E-state index contributed by atoms with van der Waals surface area (Å²) in [5.74, 6) is 0.789. The van der Waals surface area contributed by atoms with Crippen LogP contribution in [0.3, 0.4) is 0 Å². The third-order valence-electron chi connectivity index (χ3n) is 3.88. The summed E-state index contributed by atoms with van der Waals surface area (Å²) in [6.45, 7) is 3.57. The predicted octanol–water partition coefficient (Wildman–Crippen LogP) is 1.54. The lowest BCUT2D eigenvalue weighted by Crippen LogP contribution is -2.36. The second-order valence-corrected chi connectivity index (χ2v) is 5.41. The van der Waals surface area contributed by atoms with Crippen LogP contribution in [0.15, 0.2) is 46.9 Å². The second kappa shape index (κ2) is 7.58. The minimum atomic E-state index is -0.735. The van der Waals surface area contributed by atoms with Crippen LogP contribution < -0.4 is 11.1 Å². The average molecular weight is 340 g/mol. The molecule has 6 nitrogen and oxygen atoms in total. The maximum Gasteiger partial charge on any atom is 0.338 e. The summed E-state index contributed by atoms with van der Waals surface area (Å²) < 4.78 is 10.0. The molecular weight excluding hydrogens is 320 g/mol. The zero-order valence-electron chi connectivity index (χ0n) is 14.4. The molecule has 0 fully saturated rings. The summed E-state index contributed by atoms with van der Waals surface area (Å²) in [4.78, 5) is 24.9. The number of ether oxygens (including phenoxy) is 2. The number of hydrogen-bond acceptors (Lipinski definition) is 6. The number of esters is 2. The molecule has 0 bridgehead atoms. The van der Waals surface area contributed by atoms with E-state index in [9.17, 15) is 9.59 Å². The van der Waals surface area contributed by atoms with E-state index in [0.717, 1.165) is 0 Å². The van der Waals surface area contributed by atoms with E-state index in [-0.39, 0.29) is 23.6 Å². The molecule has 25 heavy (non-hydrogen) atoms. The lowest BCUT2D eigenvalue weighted by Gasteiger charge is -2.29. The zero-order valence-corrected chi connectivity index (χ0v) is 14.4. The number of benzene rings is 1. The Labute approximate surface area is 146 Å². The third kappa shape index (κ3) is 3.50. The molecular formula is C19H20N2O4. The van der Waals surface area contributed by atoms with E-state index >= 15 is 0 Å². The van der Waals surface area contributed by atoms with Gasteiger partial charge in [-0.3, -0.25) is 0 Å². The standard InChI is InChI=1S/C19H20N2O4/c1-5-12-8-7-9-13(10-12)15-14(18(22)24-4)11(3)21-17(20)16(15)19(23)25-6-2/h1,7-10,15,21H,6,20H2,2-4H3. The molecule has 2 rings (SSSR count). The lowest BCUT2D eigenvalue weighted by atomic mass is 9.81. The van der Waals surface area contributed by atoms with E-state index in [1.54, 1.807) is 38.1 Å². The monoisotopic (exact) mass is 340 g/mol. The van der Waals surface area contributed by atoms with Gasteiger partial charge in [-0.25, -0.2) is 9.59 Å². The molecule has 130 valence electrons. The van der Waals surface area contributed by atoms with Crippen molar-refractivity contribution < 1.29 is 19.1 Å². The van der Waals surface area contributed by atoms with Crippen molar-refractivity contribution in [3.8, 4) is 12.3 Å². The molecule has 1 aliphatic heterocycles. The third-order valence-corrected chi connectivity index (χ3v) is 3.88. The van der Waals surface area contributed by atoms with Gasteiger partial charge in [0.15, 0.2) is 0 Å². The summed E-state index contributed by atoms with van der Waals surface area (Å²) in [5.41, 5.74) is 8.27. The number of methoxy groups -OCH3 is 1. The Balaban J connectivity index is 2.69. The van der Waals surface area contributed by atoms with Gasteiger partial charge in [0.05, 0.1) is 30.8 Å². The van der Waals surface area contributed by atoms with Gasteiger partial charge in [-0.2, -0.15) is 0 Å². The summed E-state index contributed by atoms with van der Waals surface area (Å²) in [6.07, 6.45) is 5.47. The van der Waals surface area contributed by atoms with Gasteiger partial charge in [-0.15, -0.1) is 6.42 Å². The molecule has 0 aromatic heterocycles. The van der Waals surface area contributed by atoms with Gasteiger partial charge in [0.1, 0.15) is 5.82 Å². The van der Waals surface area contributed by atoms with Crippen LogP contribution in [0.1, 0.15) is 30.9 Å². The molecule has 0 aliphatic carbocycles. The number of allylic oxidation sites excluding steroid dienone is 1. The topological polar surface area (TPSA) is 90.6 Å². The first-order chi connectivity index (χ1) is 11.9. The first-order valence-corrected chi connectivity index (χ1v) is 7.74. The number of hydrogen-bond donors (Lipinski definition) is 2. The van der Waals surface area contributed by atoms with E-state index in [4.69, 9.17) is 21.6 Å². The van der Waals surface area contributed by atoms with Gasteiger partial charge in [0, 0.05) is 11.3 Å². The zero-order chi connectivity index (χ0) is 18.6. The first-order valence-electron chi connectivity index (χ1n) is 7.74. The molecule has 1 aromatic rings. The number of terminal acetylenes is 1. The van der Waals surface area contributed by atoms with Crippen molar-refractivity contribution in [1.82, 2.24) is 5.32 Å². The molecule has 3 N–H and O–H groups in total. The second-order valence-electron chi connectivity index (χ2n) is 5.41. The molecule has 0 saturated heterocycles. The number of dihydropyridines is 1. The van der Waals surface area contributed by atoms with Crippen LogP contribution in [0.4, 0.5) is 0 Å². The fourth-order valence-corrected chi connectivity index (χ4v) is 2.81. The largest absolute Gasteiger partial charge is 0.466 e. The van der Waals surface area contributed by atoms with Crippen molar-refractivity contribution >= 4 is 11.9 Å². The highest BCUT2D eigenvalue weighted by atomic mass is 16.5. The normalized spacial score (nSPS) is 16.8. The molecule has 0 spiro atoms. The van der Waals surface area contributed by atoms with E-state index in [0.29, 0.717) is 16.8 Å². The quantitative estimate of drug-likeness (QED) is 0.638. The summed E-state index contributed by atoms with van der Waals surface area (Å²) >= 11 is 0. The Morgan fingerprint density at radius 1 is 1.32 bits per heavy atom. The van der Waals surface area contributed by atoms with E-state index in [1.807, 2.05) is 0 Å².